The summed E-state index contributed by atoms with van der Waals surface area (Å²) in [6.07, 6.45) is 13.4. The van der Waals surface area contributed by atoms with E-state index in [1.165, 1.54) is 11.1 Å². The summed E-state index contributed by atoms with van der Waals surface area (Å²) in [7, 11) is 0. The van der Waals surface area contributed by atoms with Gasteiger partial charge in [-0.1, -0.05) is 201 Å². The minimum Gasteiger partial charge on any atom is -0.454 e. The van der Waals surface area contributed by atoms with Gasteiger partial charge in [0, 0.05) is 49.9 Å². The molecule has 2 atom stereocenters. The standard InChI is InChI=1S/C59H40N4O/c1-37-29-34-49(48-24-9-8-23-46(37)48)55-56-53(50-25-10-11-28-52(50)64-56)51-27-14-26-47(54(51)60-55)44-21-12-19-42(35-44)43-20-13-22-45(36-43)59-62-57(40-17-6-3-7-18-40)61-58(63-59)41-32-30-39(31-33-41)38-15-4-2-5-16-38/h2-37,46H,1H3. The van der Waals surface area contributed by atoms with E-state index in [1.54, 1.807) is 0 Å². The third kappa shape index (κ3) is 6.57. The first kappa shape index (κ1) is 37.5. The second kappa shape index (κ2) is 15.6. The number of furan rings is 1. The Bertz CT molecular complexity index is 3560. The van der Waals surface area contributed by atoms with Crippen molar-refractivity contribution in [3.63, 3.8) is 0 Å². The normalized spacial score (nSPS) is 15.6. The van der Waals surface area contributed by atoms with Gasteiger partial charge in [-0.2, -0.15) is 0 Å². The molecule has 0 N–H and O–H groups in total. The predicted octanol–water partition coefficient (Wildman–Crippen LogP) is 15.0. The lowest BCUT2D eigenvalue weighted by Crippen LogP contribution is -2.16. The van der Waals surface area contributed by atoms with Crippen LogP contribution in [-0.2, 0) is 0 Å². The van der Waals surface area contributed by atoms with E-state index >= 15 is 0 Å². The number of nitrogens with zero attached hydrogens (tertiary/aromatic N) is 4. The molecule has 0 saturated heterocycles. The van der Waals surface area contributed by atoms with Crippen molar-refractivity contribution in [1.82, 2.24) is 19.9 Å². The van der Waals surface area contributed by atoms with Crippen LogP contribution in [0.4, 0.5) is 0 Å². The molecule has 0 fully saturated rings. The van der Waals surface area contributed by atoms with Crippen molar-refractivity contribution >= 4 is 38.4 Å². The van der Waals surface area contributed by atoms with Crippen LogP contribution in [-0.4, -0.2) is 19.9 Å². The van der Waals surface area contributed by atoms with E-state index in [2.05, 4.69) is 177 Å². The molecule has 5 nitrogen and oxygen atoms in total. The Labute approximate surface area is 371 Å². The van der Waals surface area contributed by atoms with Gasteiger partial charge < -0.3 is 4.42 Å². The second-order valence-electron chi connectivity index (χ2n) is 16.6. The van der Waals surface area contributed by atoms with E-state index in [0.29, 0.717) is 23.4 Å². The number of benzene rings is 7. The summed E-state index contributed by atoms with van der Waals surface area (Å²) in [4.78, 5) is 20.7. The first-order valence-electron chi connectivity index (χ1n) is 21.8. The molecule has 64 heavy (non-hydrogen) atoms. The maximum atomic E-state index is 6.72. The summed E-state index contributed by atoms with van der Waals surface area (Å²) in [6.45, 7) is 2.28. The molecule has 0 radical (unpaired) electrons. The van der Waals surface area contributed by atoms with E-state index in [4.69, 9.17) is 24.4 Å². The molecule has 0 amide bonds. The fraction of sp³-hybridized carbons (Fsp3) is 0.0508. The van der Waals surface area contributed by atoms with E-state index in [1.807, 2.05) is 42.5 Å². The average Bonchev–Trinajstić information content (AvgIpc) is 3.77. The van der Waals surface area contributed by atoms with Crippen molar-refractivity contribution in [2.24, 2.45) is 11.8 Å². The Morgan fingerprint density at radius 2 is 1.00 bits per heavy atom. The van der Waals surface area contributed by atoms with Crippen LogP contribution in [0.3, 0.4) is 0 Å². The van der Waals surface area contributed by atoms with Crippen molar-refractivity contribution in [1.29, 1.82) is 0 Å². The summed E-state index contributed by atoms with van der Waals surface area (Å²) in [5.41, 5.74) is 15.2. The van der Waals surface area contributed by atoms with Crippen LogP contribution in [0.15, 0.2) is 222 Å². The van der Waals surface area contributed by atoms with Gasteiger partial charge in [0.25, 0.3) is 0 Å². The highest BCUT2D eigenvalue weighted by Crippen LogP contribution is 2.45. The van der Waals surface area contributed by atoms with E-state index in [9.17, 15) is 0 Å². The zero-order valence-corrected chi connectivity index (χ0v) is 35.1. The molecule has 0 aliphatic heterocycles. The first-order chi connectivity index (χ1) is 31.6. The van der Waals surface area contributed by atoms with Gasteiger partial charge in [-0.05, 0) is 57.5 Å². The highest BCUT2D eigenvalue weighted by Gasteiger charge is 2.28. The molecule has 0 saturated carbocycles. The Kier molecular flexibility index (Phi) is 9.12. The highest BCUT2D eigenvalue weighted by molar-refractivity contribution is 6.22. The number of fused-ring (bicyclic) bond motifs is 6. The van der Waals surface area contributed by atoms with Gasteiger partial charge in [-0.25, -0.2) is 19.9 Å². The molecule has 0 bridgehead atoms. The summed E-state index contributed by atoms with van der Waals surface area (Å²) in [5.74, 6) is 2.54. The molecule has 5 heteroatoms. The number of hydrogen-bond acceptors (Lipinski definition) is 5. The van der Waals surface area contributed by atoms with Crippen LogP contribution in [0.1, 0.15) is 12.6 Å². The van der Waals surface area contributed by atoms with Crippen LogP contribution in [0.5, 0.6) is 0 Å². The maximum absolute atomic E-state index is 6.72. The summed E-state index contributed by atoms with van der Waals surface area (Å²) < 4.78 is 6.72. The van der Waals surface area contributed by atoms with Crippen molar-refractivity contribution < 1.29 is 4.42 Å². The van der Waals surface area contributed by atoms with Crippen LogP contribution < -0.4 is 0 Å². The summed E-state index contributed by atoms with van der Waals surface area (Å²) in [6, 6.07) is 61.0. The summed E-state index contributed by atoms with van der Waals surface area (Å²) in [5, 5.41) is 3.24. The van der Waals surface area contributed by atoms with Crippen LogP contribution >= 0.6 is 0 Å². The lowest BCUT2D eigenvalue weighted by Gasteiger charge is -2.28. The van der Waals surface area contributed by atoms with Crippen molar-refractivity contribution in [3.05, 3.63) is 224 Å². The number of pyridine rings is 1. The zero-order chi connectivity index (χ0) is 42.6. The number of para-hydroxylation sites is 2. The van der Waals surface area contributed by atoms with Crippen molar-refractivity contribution in [2.75, 3.05) is 0 Å². The van der Waals surface area contributed by atoms with Gasteiger partial charge in [0.15, 0.2) is 23.1 Å². The van der Waals surface area contributed by atoms with Crippen molar-refractivity contribution in [3.8, 4) is 67.5 Å². The Balaban J connectivity index is 0.972. The van der Waals surface area contributed by atoms with Gasteiger partial charge >= 0.3 is 0 Å². The quantitative estimate of drug-likeness (QED) is 0.160. The van der Waals surface area contributed by atoms with Gasteiger partial charge in [0.05, 0.1) is 5.52 Å². The number of rotatable bonds is 7. The molecule has 3 heterocycles. The number of aromatic nitrogens is 4. The van der Waals surface area contributed by atoms with Gasteiger partial charge in [0.2, 0.25) is 0 Å². The zero-order valence-electron chi connectivity index (χ0n) is 35.1. The molecule has 10 aromatic rings. The first-order valence-corrected chi connectivity index (χ1v) is 21.8. The Morgan fingerprint density at radius 3 is 1.77 bits per heavy atom. The minimum atomic E-state index is 0.283. The topological polar surface area (TPSA) is 64.7 Å². The SMILES string of the molecule is CC1C=CC(c2nc3c(-c4cccc(-c5cccc(-c6nc(-c7ccccc7)nc(-c7ccc(-c8ccccc8)cc7)n6)c5)c4)cccc3c3c2oc2ccccc23)=C2C=CC=CC21. The molecular weight excluding hydrogens is 781 g/mol. The third-order valence-electron chi connectivity index (χ3n) is 12.6. The van der Waals surface area contributed by atoms with Gasteiger partial charge in [-0.15, -0.1) is 0 Å². The lowest BCUT2D eigenvalue weighted by molar-refractivity contribution is 0.585. The molecule has 2 unspecified atom stereocenters. The lowest BCUT2D eigenvalue weighted by atomic mass is 9.77. The van der Waals surface area contributed by atoms with Crippen LogP contribution in [0.25, 0.3) is 106 Å². The number of hydrogen-bond donors (Lipinski definition) is 0. The fourth-order valence-corrected chi connectivity index (χ4v) is 9.39. The van der Waals surface area contributed by atoms with E-state index in [0.717, 1.165) is 88.6 Å². The van der Waals surface area contributed by atoms with Gasteiger partial charge in [0.1, 0.15) is 11.3 Å². The molecule has 0 spiro atoms. The van der Waals surface area contributed by atoms with Gasteiger partial charge in [-0.3, -0.25) is 0 Å². The smallest absolute Gasteiger partial charge is 0.164 e. The molecular formula is C59H40N4O. The molecule has 12 rings (SSSR count). The second-order valence-corrected chi connectivity index (χ2v) is 16.6. The average molecular weight is 821 g/mol. The monoisotopic (exact) mass is 820 g/mol. The molecule has 3 aromatic heterocycles. The highest BCUT2D eigenvalue weighted by atomic mass is 16.3. The largest absolute Gasteiger partial charge is 0.454 e. The fourth-order valence-electron chi connectivity index (χ4n) is 9.39. The molecule has 302 valence electrons. The van der Waals surface area contributed by atoms with E-state index in [-0.39, 0.29) is 5.92 Å². The molecule has 2 aliphatic rings. The Morgan fingerprint density at radius 1 is 0.438 bits per heavy atom. The molecule has 2 aliphatic carbocycles. The maximum Gasteiger partial charge on any atom is 0.164 e. The minimum absolute atomic E-state index is 0.283. The van der Waals surface area contributed by atoms with Crippen LogP contribution in [0, 0.1) is 11.8 Å². The Hall–Kier alpha value is -8.28. The summed E-state index contributed by atoms with van der Waals surface area (Å²) >= 11 is 0. The van der Waals surface area contributed by atoms with E-state index < -0.39 is 0 Å². The third-order valence-corrected chi connectivity index (χ3v) is 12.6. The van der Waals surface area contributed by atoms with Crippen molar-refractivity contribution in [2.45, 2.75) is 6.92 Å². The number of allylic oxidation sites excluding steroid dienone is 8. The van der Waals surface area contributed by atoms with Crippen LogP contribution in [0.2, 0.25) is 0 Å². The molecule has 7 aromatic carbocycles. The predicted molar refractivity (Wildman–Crippen MR) is 262 cm³/mol.